The van der Waals surface area contributed by atoms with Crippen molar-refractivity contribution in [1.29, 1.82) is 5.26 Å². The van der Waals surface area contributed by atoms with Crippen LogP contribution in [0.5, 0.6) is 0 Å². The second-order valence-electron chi connectivity index (χ2n) is 1.99. The van der Waals surface area contributed by atoms with Gasteiger partial charge in [0.05, 0.1) is 0 Å². The summed E-state index contributed by atoms with van der Waals surface area (Å²) in [5.74, 6) is -1.24. The number of hydrogen-bond donors (Lipinski definition) is 1. The van der Waals surface area contributed by atoms with E-state index in [-0.39, 0.29) is 5.56 Å². The van der Waals surface area contributed by atoms with Gasteiger partial charge in [0.25, 0.3) is 5.91 Å². The molecule has 0 bridgehead atoms. The maximum absolute atomic E-state index is 12.4. The molecule has 0 aliphatic carbocycles. The maximum Gasteiger partial charge on any atom is 0.264 e. The van der Waals surface area contributed by atoms with E-state index < -0.39 is 11.7 Å². The zero-order valence-electron chi connectivity index (χ0n) is 5.97. The summed E-state index contributed by atoms with van der Waals surface area (Å²) in [6, 6.07) is 5.90. The van der Waals surface area contributed by atoms with Crippen molar-refractivity contribution in [2.75, 3.05) is 0 Å². The first-order valence-corrected chi connectivity index (χ1v) is 3.10. The number of benzene rings is 1. The van der Waals surface area contributed by atoms with Crippen molar-refractivity contribution in [3.8, 4) is 6.19 Å². The van der Waals surface area contributed by atoms with Gasteiger partial charge in [0.15, 0.2) is 6.19 Å². The molecule has 1 aromatic rings. The van der Waals surface area contributed by atoms with Crippen LogP contribution in [0.4, 0.5) is 4.39 Å². The second-order valence-corrected chi connectivity index (χ2v) is 1.99. The Balaban J connectivity index is 2.90. The van der Waals surface area contributed by atoms with Gasteiger partial charge in [-0.1, -0.05) is 6.07 Å². The van der Waals surface area contributed by atoms with Crippen LogP contribution in [-0.4, -0.2) is 5.91 Å². The number of carbonyl (C=O) groups is 1. The smallest absolute Gasteiger partial charge is 0.264 e. The van der Waals surface area contributed by atoms with Gasteiger partial charge < -0.3 is 0 Å². The van der Waals surface area contributed by atoms with E-state index in [1.807, 2.05) is 5.32 Å². The normalized spacial score (nSPS) is 8.67. The minimum atomic E-state index is -0.624. The van der Waals surface area contributed by atoms with E-state index in [4.69, 9.17) is 5.26 Å². The van der Waals surface area contributed by atoms with E-state index in [0.29, 0.717) is 0 Å². The number of rotatable bonds is 1. The molecule has 1 aromatic carbocycles. The molecule has 0 saturated carbocycles. The minimum Gasteiger partial charge on any atom is -0.268 e. The van der Waals surface area contributed by atoms with Gasteiger partial charge >= 0.3 is 0 Å². The van der Waals surface area contributed by atoms with Gasteiger partial charge in [-0.15, -0.1) is 0 Å². The van der Waals surface area contributed by atoms with Crippen LogP contribution in [0.2, 0.25) is 0 Å². The third kappa shape index (κ3) is 1.80. The Morgan fingerprint density at radius 3 is 3.08 bits per heavy atom. The number of nitrogens with zero attached hydrogens (tertiary/aromatic N) is 1. The first kappa shape index (κ1) is 8.21. The lowest BCUT2D eigenvalue weighted by Crippen LogP contribution is -2.17. The summed E-state index contributed by atoms with van der Waals surface area (Å²) in [6.45, 7) is 0. The summed E-state index contributed by atoms with van der Waals surface area (Å²) in [5, 5.41) is 9.96. The van der Waals surface area contributed by atoms with Gasteiger partial charge in [-0.2, -0.15) is 5.26 Å². The van der Waals surface area contributed by atoms with Crippen LogP contribution in [-0.2, 0) is 0 Å². The van der Waals surface area contributed by atoms with Gasteiger partial charge in [0.2, 0.25) is 0 Å². The molecule has 0 aliphatic rings. The number of carbonyl (C=O) groups excluding carboxylic acids is 1. The molecule has 59 valence electrons. The van der Waals surface area contributed by atoms with Gasteiger partial charge in [-0.25, -0.2) is 4.39 Å². The zero-order chi connectivity index (χ0) is 8.97. The molecule has 12 heavy (non-hydrogen) atoms. The number of nitrogens with one attached hydrogen (secondary N) is 1. The molecule has 0 heterocycles. The average Bonchev–Trinajstić information content (AvgIpc) is 2.05. The summed E-state index contributed by atoms with van der Waals surface area (Å²) in [4.78, 5) is 10.9. The van der Waals surface area contributed by atoms with E-state index in [0.717, 1.165) is 6.07 Å². The Hall–Kier alpha value is -1.89. The van der Waals surface area contributed by atoms with E-state index in [1.165, 1.54) is 18.3 Å². The number of nitriles is 1. The van der Waals surface area contributed by atoms with Crippen molar-refractivity contribution in [3.05, 3.63) is 35.6 Å². The first-order chi connectivity index (χ1) is 5.74. The van der Waals surface area contributed by atoms with Crippen molar-refractivity contribution < 1.29 is 9.18 Å². The molecule has 0 fully saturated rings. The third-order valence-electron chi connectivity index (χ3n) is 1.20. The quantitative estimate of drug-likeness (QED) is 0.492. The topological polar surface area (TPSA) is 52.9 Å². The highest BCUT2D eigenvalue weighted by Crippen LogP contribution is 2.01. The maximum atomic E-state index is 12.4. The van der Waals surface area contributed by atoms with Crippen molar-refractivity contribution in [3.63, 3.8) is 0 Å². The molecule has 1 amide bonds. The standard InChI is InChI=1S/C8H4FN2O/c9-7-3-1-2-6(4-7)8(12)11-5-10/h1-2,4H,(H,11,12). The fraction of sp³-hybridized carbons (Fsp3) is 0. The molecule has 0 unspecified atom stereocenters. The highest BCUT2D eigenvalue weighted by atomic mass is 19.1. The molecule has 1 radical (unpaired) electrons. The fourth-order valence-corrected chi connectivity index (χ4v) is 0.702. The van der Waals surface area contributed by atoms with Crippen molar-refractivity contribution in [2.24, 2.45) is 0 Å². The third-order valence-corrected chi connectivity index (χ3v) is 1.20. The van der Waals surface area contributed by atoms with Crippen molar-refractivity contribution in [1.82, 2.24) is 5.32 Å². The van der Waals surface area contributed by atoms with Crippen LogP contribution in [0.25, 0.3) is 0 Å². The molecule has 0 aromatic heterocycles. The first-order valence-electron chi connectivity index (χ1n) is 3.10. The second kappa shape index (κ2) is 3.49. The van der Waals surface area contributed by atoms with Gasteiger partial charge in [-0.05, 0) is 12.1 Å². The largest absolute Gasteiger partial charge is 0.268 e. The molecule has 4 heteroatoms. The molecular weight excluding hydrogens is 159 g/mol. The molecule has 0 atom stereocenters. The Labute approximate surface area is 68.4 Å². The highest BCUT2D eigenvalue weighted by Gasteiger charge is 2.04. The van der Waals surface area contributed by atoms with Crippen LogP contribution < -0.4 is 5.32 Å². The Morgan fingerprint density at radius 2 is 2.50 bits per heavy atom. The summed E-state index contributed by atoms with van der Waals surface area (Å²) in [5.41, 5.74) is 0.104. The van der Waals surface area contributed by atoms with Crippen LogP contribution in [0.15, 0.2) is 18.2 Å². The predicted octanol–water partition coefficient (Wildman–Crippen LogP) is 0.837. The van der Waals surface area contributed by atoms with Crippen LogP contribution in [0, 0.1) is 23.3 Å². The predicted molar refractivity (Wildman–Crippen MR) is 38.3 cm³/mol. The molecule has 3 nitrogen and oxygen atoms in total. The SMILES string of the molecule is N#CNC(=O)c1cc[c]c(F)c1. The van der Waals surface area contributed by atoms with E-state index >= 15 is 0 Å². The molecule has 0 saturated heterocycles. The highest BCUT2D eigenvalue weighted by molar-refractivity contribution is 5.95. The Morgan fingerprint density at radius 1 is 1.75 bits per heavy atom. The zero-order valence-corrected chi connectivity index (χ0v) is 5.97. The van der Waals surface area contributed by atoms with Gasteiger partial charge in [0.1, 0.15) is 5.82 Å². The Bertz CT molecular complexity index is 343. The molecule has 1 N–H and O–H groups in total. The number of amides is 1. The average molecular weight is 163 g/mol. The lowest BCUT2D eigenvalue weighted by molar-refractivity contribution is 0.0972. The lowest BCUT2D eigenvalue weighted by atomic mass is 10.2. The summed E-state index contributed by atoms with van der Waals surface area (Å²) < 4.78 is 12.4. The number of halogens is 1. The van der Waals surface area contributed by atoms with Gasteiger partial charge in [-0.3, -0.25) is 10.1 Å². The molecule has 1 rings (SSSR count). The molecule has 0 spiro atoms. The van der Waals surface area contributed by atoms with Crippen LogP contribution in [0.3, 0.4) is 0 Å². The van der Waals surface area contributed by atoms with Crippen LogP contribution >= 0.6 is 0 Å². The number of hydrogen-bond acceptors (Lipinski definition) is 2. The van der Waals surface area contributed by atoms with E-state index in [1.54, 1.807) is 0 Å². The van der Waals surface area contributed by atoms with Crippen molar-refractivity contribution in [2.45, 2.75) is 0 Å². The summed E-state index contributed by atoms with van der Waals surface area (Å²) >= 11 is 0. The minimum absolute atomic E-state index is 0.104. The monoisotopic (exact) mass is 163 g/mol. The van der Waals surface area contributed by atoms with Crippen LogP contribution in [0.1, 0.15) is 10.4 Å². The summed E-state index contributed by atoms with van der Waals surface area (Å²) in [7, 11) is 0. The van der Waals surface area contributed by atoms with E-state index in [2.05, 4.69) is 6.07 Å². The lowest BCUT2D eigenvalue weighted by Gasteiger charge is -1.95. The fourth-order valence-electron chi connectivity index (χ4n) is 0.702. The van der Waals surface area contributed by atoms with Crippen molar-refractivity contribution >= 4 is 5.91 Å². The Kier molecular flexibility index (Phi) is 2.38. The molecule has 0 aliphatic heterocycles. The summed E-state index contributed by atoms with van der Waals surface area (Å²) in [6.07, 6.45) is 1.45. The molecular formula is C8H4FN2O. The van der Waals surface area contributed by atoms with E-state index in [9.17, 15) is 9.18 Å². The van der Waals surface area contributed by atoms with Gasteiger partial charge in [0, 0.05) is 11.6 Å².